The van der Waals surface area contributed by atoms with Gasteiger partial charge in [-0.2, -0.15) is 5.10 Å². The van der Waals surface area contributed by atoms with E-state index in [4.69, 9.17) is 0 Å². The van der Waals surface area contributed by atoms with E-state index in [1.807, 2.05) is 30.5 Å². The number of halogens is 1. The fourth-order valence-electron chi connectivity index (χ4n) is 1.92. The molecule has 1 fully saturated rings. The number of carbonyl (C=O) groups excluding carboxylic acids is 1. The lowest BCUT2D eigenvalue weighted by Crippen LogP contribution is -2.29. The Kier molecular flexibility index (Phi) is 3.38. The fraction of sp³-hybridized carbons (Fsp3) is 0.286. The van der Waals surface area contributed by atoms with Crippen LogP contribution in [0.4, 0.5) is 0 Å². The van der Waals surface area contributed by atoms with Gasteiger partial charge in [0.05, 0.1) is 6.20 Å². The Morgan fingerprint density at radius 2 is 2.26 bits per heavy atom. The molecule has 1 N–H and O–H groups in total. The van der Waals surface area contributed by atoms with Crippen LogP contribution in [0.15, 0.2) is 41.1 Å². The Hall–Kier alpha value is -1.62. The van der Waals surface area contributed by atoms with Gasteiger partial charge in [0.1, 0.15) is 6.54 Å². The van der Waals surface area contributed by atoms with Crippen molar-refractivity contribution in [1.82, 2.24) is 15.1 Å². The summed E-state index contributed by atoms with van der Waals surface area (Å²) in [5, 5.41) is 7.18. The minimum absolute atomic E-state index is 0.0337. The topological polar surface area (TPSA) is 46.9 Å². The first kappa shape index (κ1) is 12.4. The molecule has 0 aliphatic heterocycles. The van der Waals surface area contributed by atoms with Gasteiger partial charge in [-0.3, -0.25) is 9.48 Å². The number of aromatic nitrogens is 2. The van der Waals surface area contributed by atoms with E-state index in [2.05, 4.69) is 26.3 Å². The van der Waals surface area contributed by atoms with Gasteiger partial charge in [0.15, 0.2) is 0 Å². The minimum atomic E-state index is 0.0337. The Morgan fingerprint density at radius 1 is 1.42 bits per heavy atom. The van der Waals surface area contributed by atoms with Crippen molar-refractivity contribution in [3.63, 3.8) is 0 Å². The molecule has 0 bridgehead atoms. The van der Waals surface area contributed by atoms with Gasteiger partial charge >= 0.3 is 0 Å². The van der Waals surface area contributed by atoms with E-state index in [1.54, 1.807) is 10.9 Å². The molecule has 0 radical (unpaired) electrons. The summed E-state index contributed by atoms with van der Waals surface area (Å²) in [5.41, 5.74) is 2.10. The molecule has 1 aliphatic carbocycles. The Morgan fingerprint density at radius 3 is 3.00 bits per heavy atom. The highest BCUT2D eigenvalue weighted by molar-refractivity contribution is 9.10. The molecule has 19 heavy (non-hydrogen) atoms. The zero-order valence-electron chi connectivity index (χ0n) is 10.3. The largest absolute Gasteiger partial charge is 0.352 e. The molecule has 98 valence electrons. The van der Waals surface area contributed by atoms with E-state index < -0.39 is 0 Å². The summed E-state index contributed by atoms with van der Waals surface area (Å²) in [4.78, 5) is 11.7. The number of hydrogen-bond donors (Lipinski definition) is 1. The van der Waals surface area contributed by atoms with Crippen LogP contribution < -0.4 is 5.32 Å². The summed E-state index contributed by atoms with van der Waals surface area (Å²) in [6, 6.07) is 8.42. The van der Waals surface area contributed by atoms with Crippen molar-refractivity contribution in [2.45, 2.75) is 25.4 Å². The number of nitrogens with zero attached hydrogens (tertiary/aromatic N) is 2. The van der Waals surface area contributed by atoms with E-state index in [9.17, 15) is 4.79 Å². The van der Waals surface area contributed by atoms with Gasteiger partial charge in [0, 0.05) is 22.3 Å². The standard InChI is InChI=1S/C14H14BrN3O/c15-12-3-1-2-10(6-12)11-7-16-18(8-11)9-14(19)17-13-4-5-13/h1-3,6-8,13H,4-5,9H2,(H,17,19). The maximum atomic E-state index is 11.7. The van der Waals surface area contributed by atoms with Crippen molar-refractivity contribution in [3.8, 4) is 11.1 Å². The van der Waals surface area contributed by atoms with Gasteiger partial charge in [-0.05, 0) is 30.5 Å². The van der Waals surface area contributed by atoms with Gasteiger partial charge in [-0.15, -0.1) is 0 Å². The summed E-state index contributed by atoms with van der Waals surface area (Å²) < 4.78 is 2.71. The normalized spacial score (nSPS) is 14.4. The SMILES string of the molecule is O=C(Cn1cc(-c2cccc(Br)c2)cn1)NC1CC1. The third-order valence-electron chi connectivity index (χ3n) is 3.04. The van der Waals surface area contributed by atoms with Crippen molar-refractivity contribution < 1.29 is 4.79 Å². The van der Waals surface area contributed by atoms with Crippen LogP contribution in [0.2, 0.25) is 0 Å². The zero-order valence-corrected chi connectivity index (χ0v) is 11.9. The van der Waals surface area contributed by atoms with Gasteiger partial charge < -0.3 is 5.32 Å². The maximum absolute atomic E-state index is 11.7. The highest BCUT2D eigenvalue weighted by Gasteiger charge is 2.23. The van der Waals surface area contributed by atoms with E-state index >= 15 is 0 Å². The summed E-state index contributed by atoms with van der Waals surface area (Å²) in [6.45, 7) is 0.282. The second kappa shape index (κ2) is 5.17. The van der Waals surface area contributed by atoms with Crippen LogP contribution >= 0.6 is 15.9 Å². The highest BCUT2D eigenvalue weighted by atomic mass is 79.9. The number of carbonyl (C=O) groups is 1. The van der Waals surface area contributed by atoms with Gasteiger partial charge in [0.2, 0.25) is 5.91 Å². The summed E-state index contributed by atoms with van der Waals surface area (Å²) in [5.74, 6) is 0.0337. The lowest BCUT2D eigenvalue weighted by atomic mass is 10.1. The lowest BCUT2D eigenvalue weighted by Gasteiger charge is -2.02. The molecule has 1 saturated carbocycles. The van der Waals surface area contributed by atoms with E-state index in [1.165, 1.54) is 0 Å². The van der Waals surface area contributed by atoms with Crippen LogP contribution in [0.25, 0.3) is 11.1 Å². The average Bonchev–Trinajstić information content (AvgIpc) is 3.05. The van der Waals surface area contributed by atoms with Crippen LogP contribution in [0, 0.1) is 0 Å². The minimum Gasteiger partial charge on any atom is -0.352 e. The Labute approximate surface area is 119 Å². The molecule has 5 heteroatoms. The third-order valence-corrected chi connectivity index (χ3v) is 3.53. The van der Waals surface area contributed by atoms with Gasteiger partial charge in [-0.25, -0.2) is 0 Å². The number of nitrogens with one attached hydrogen (secondary N) is 1. The van der Waals surface area contributed by atoms with Gasteiger partial charge in [-0.1, -0.05) is 28.1 Å². The first-order valence-corrected chi connectivity index (χ1v) is 7.08. The summed E-state index contributed by atoms with van der Waals surface area (Å²) in [6.07, 6.45) is 5.89. The van der Waals surface area contributed by atoms with Crippen LogP contribution in [0.5, 0.6) is 0 Å². The van der Waals surface area contributed by atoms with Gasteiger partial charge in [0.25, 0.3) is 0 Å². The maximum Gasteiger partial charge on any atom is 0.241 e. The van der Waals surface area contributed by atoms with Crippen LogP contribution in [0.1, 0.15) is 12.8 Å². The van der Waals surface area contributed by atoms with Crippen molar-refractivity contribution in [1.29, 1.82) is 0 Å². The molecule has 1 aromatic heterocycles. The van der Waals surface area contributed by atoms with Crippen LogP contribution in [-0.2, 0) is 11.3 Å². The molecule has 0 saturated heterocycles. The average molecular weight is 320 g/mol. The van der Waals surface area contributed by atoms with E-state index in [0.717, 1.165) is 28.4 Å². The molecule has 0 unspecified atom stereocenters. The first-order valence-electron chi connectivity index (χ1n) is 6.28. The number of rotatable bonds is 4. The molecular weight excluding hydrogens is 306 g/mol. The predicted octanol–water partition coefficient (Wildman–Crippen LogP) is 2.59. The number of amides is 1. The molecule has 1 amide bonds. The molecule has 3 rings (SSSR count). The van der Waals surface area contributed by atoms with E-state index in [0.29, 0.717) is 6.04 Å². The smallest absolute Gasteiger partial charge is 0.241 e. The quantitative estimate of drug-likeness (QED) is 0.941. The molecule has 0 spiro atoms. The predicted molar refractivity (Wildman–Crippen MR) is 76.5 cm³/mol. The van der Waals surface area contributed by atoms with Crippen molar-refractivity contribution in [3.05, 3.63) is 41.1 Å². The Bertz CT molecular complexity index is 604. The molecule has 4 nitrogen and oxygen atoms in total. The lowest BCUT2D eigenvalue weighted by molar-refractivity contribution is -0.122. The van der Waals surface area contributed by atoms with Crippen molar-refractivity contribution in [2.24, 2.45) is 0 Å². The fourth-order valence-corrected chi connectivity index (χ4v) is 2.31. The van der Waals surface area contributed by atoms with Crippen LogP contribution in [-0.4, -0.2) is 21.7 Å². The zero-order chi connectivity index (χ0) is 13.2. The molecule has 1 heterocycles. The van der Waals surface area contributed by atoms with E-state index in [-0.39, 0.29) is 12.5 Å². The van der Waals surface area contributed by atoms with Crippen LogP contribution in [0.3, 0.4) is 0 Å². The second-order valence-corrected chi connectivity index (χ2v) is 5.69. The molecule has 1 aromatic carbocycles. The second-order valence-electron chi connectivity index (χ2n) is 4.78. The highest BCUT2D eigenvalue weighted by Crippen LogP contribution is 2.22. The molecule has 0 atom stereocenters. The first-order chi connectivity index (χ1) is 9.20. The molecule has 2 aromatic rings. The number of benzene rings is 1. The molecular formula is C14H14BrN3O. The monoisotopic (exact) mass is 319 g/mol. The number of hydrogen-bond acceptors (Lipinski definition) is 2. The van der Waals surface area contributed by atoms with Crippen molar-refractivity contribution in [2.75, 3.05) is 0 Å². The summed E-state index contributed by atoms with van der Waals surface area (Å²) >= 11 is 3.45. The summed E-state index contributed by atoms with van der Waals surface area (Å²) in [7, 11) is 0. The Balaban J connectivity index is 1.70. The third kappa shape index (κ3) is 3.23. The van der Waals surface area contributed by atoms with Crippen molar-refractivity contribution >= 4 is 21.8 Å². The molecule has 1 aliphatic rings.